The van der Waals surface area contributed by atoms with Crippen LogP contribution in [-0.4, -0.2) is 25.8 Å². The van der Waals surface area contributed by atoms with Gasteiger partial charge in [-0.2, -0.15) is 0 Å². The van der Waals surface area contributed by atoms with Crippen molar-refractivity contribution in [2.24, 2.45) is 0 Å². The molecule has 0 spiro atoms. The second-order valence-electron chi connectivity index (χ2n) is 6.13. The summed E-state index contributed by atoms with van der Waals surface area (Å²) in [6, 6.07) is 12.9. The molecule has 0 saturated carbocycles. The van der Waals surface area contributed by atoms with Crippen LogP contribution in [0.4, 0.5) is 0 Å². The Morgan fingerprint density at radius 2 is 1.67 bits per heavy atom. The maximum atomic E-state index is 13.1. The molecule has 0 aliphatic rings. The van der Waals surface area contributed by atoms with Crippen LogP contribution in [0.15, 0.2) is 70.7 Å². The van der Waals surface area contributed by atoms with Crippen molar-refractivity contribution in [2.75, 3.05) is 0 Å². The number of aromatic nitrogens is 2. The SMILES string of the molecule is Cc1ccc(S(=O)(=O)n2cc(S(=O)(=O)Cl)cc2C(C)c2ccccn2)cc1. The molecule has 3 aromatic rings. The Hall–Kier alpha value is -2.16. The van der Waals surface area contributed by atoms with E-state index in [0.29, 0.717) is 5.69 Å². The maximum absolute atomic E-state index is 13.1. The molecule has 0 aliphatic carbocycles. The normalized spacial score (nSPS) is 13.4. The number of aryl methyl sites for hydroxylation is 1. The van der Waals surface area contributed by atoms with Crippen molar-refractivity contribution >= 4 is 29.8 Å². The zero-order chi connectivity index (χ0) is 19.8. The summed E-state index contributed by atoms with van der Waals surface area (Å²) in [6.07, 6.45) is 2.62. The minimum absolute atomic E-state index is 0.0525. The third-order valence-electron chi connectivity index (χ3n) is 4.22. The van der Waals surface area contributed by atoms with Gasteiger partial charge in [-0.3, -0.25) is 4.98 Å². The molecular weight excluding hydrogens is 408 g/mol. The van der Waals surface area contributed by atoms with Gasteiger partial charge in [0, 0.05) is 40.4 Å². The Bertz CT molecular complexity index is 1170. The molecule has 6 nitrogen and oxygen atoms in total. The van der Waals surface area contributed by atoms with Crippen LogP contribution < -0.4 is 0 Å². The number of pyridine rings is 1. The number of hydrogen-bond acceptors (Lipinski definition) is 5. The first-order chi connectivity index (χ1) is 12.6. The fourth-order valence-electron chi connectivity index (χ4n) is 2.70. The molecule has 1 unspecified atom stereocenters. The van der Waals surface area contributed by atoms with E-state index in [1.165, 1.54) is 18.2 Å². The summed E-state index contributed by atoms with van der Waals surface area (Å²) in [5, 5.41) is 0. The van der Waals surface area contributed by atoms with Gasteiger partial charge in [0.05, 0.1) is 4.90 Å². The smallest absolute Gasteiger partial charge is 0.261 e. The zero-order valence-electron chi connectivity index (χ0n) is 14.6. The van der Waals surface area contributed by atoms with E-state index in [1.807, 2.05) is 6.92 Å². The minimum atomic E-state index is -4.10. The quantitative estimate of drug-likeness (QED) is 0.585. The Balaban J connectivity index is 2.22. The Kier molecular flexibility index (Phi) is 5.16. The Labute approximate surface area is 162 Å². The predicted octanol–water partition coefficient (Wildman–Crippen LogP) is 3.51. The molecule has 9 heteroatoms. The summed E-state index contributed by atoms with van der Waals surface area (Å²) in [5.74, 6) is -0.474. The topological polar surface area (TPSA) is 86.1 Å². The minimum Gasteiger partial charge on any atom is -0.261 e. The lowest BCUT2D eigenvalue weighted by molar-refractivity contribution is 0.583. The molecule has 2 aromatic heterocycles. The summed E-state index contributed by atoms with van der Waals surface area (Å²) >= 11 is 0. The molecule has 0 aliphatic heterocycles. The second kappa shape index (κ2) is 7.10. The van der Waals surface area contributed by atoms with E-state index in [4.69, 9.17) is 10.7 Å². The highest BCUT2D eigenvalue weighted by atomic mass is 35.7. The third kappa shape index (κ3) is 3.92. The Morgan fingerprint density at radius 1 is 1.00 bits per heavy atom. The molecule has 0 bridgehead atoms. The van der Waals surface area contributed by atoms with Crippen LogP contribution >= 0.6 is 10.7 Å². The Morgan fingerprint density at radius 3 is 2.22 bits per heavy atom. The van der Waals surface area contributed by atoms with Crippen LogP contribution in [0.2, 0.25) is 0 Å². The van der Waals surface area contributed by atoms with Gasteiger partial charge in [0.2, 0.25) is 0 Å². The average molecular weight is 425 g/mol. The van der Waals surface area contributed by atoms with E-state index < -0.39 is 25.0 Å². The standard InChI is InChI=1S/C18H17ClN2O4S2/c1-13-6-8-15(9-7-13)27(24,25)21-12-16(26(19,22)23)11-18(21)14(2)17-5-3-4-10-20-17/h3-12,14H,1-2H3. The number of hydrogen-bond donors (Lipinski definition) is 0. The molecular formula is C18H17ClN2O4S2. The second-order valence-corrected chi connectivity index (χ2v) is 10.5. The van der Waals surface area contributed by atoms with E-state index in [-0.39, 0.29) is 15.5 Å². The molecule has 2 heterocycles. The van der Waals surface area contributed by atoms with Crippen LogP contribution in [0, 0.1) is 6.92 Å². The molecule has 1 aromatic carbocycles. The number of halogens is 1. The first-order valence-corrected chi connectivity index (χ1v) is 11.8. The molecule has 0 saturated heterocycles. The van der Waals surface area contributed by atoms with Gasteiger partial charge in [-0.05, 0) is 37.3 Å². The van der Waals surface area contributed by atoms with Crippen molar-refractivity contribution in [2.45, 2.75) is 29.6 Å². The highest BCUT2D eigenvalue weighted by Crippen LogP contribution is 2.30. The summed E-state index contributed by atoms with van der Waals surface area (Å²) in [7, 11) is -2.66. The summed E-state index contributed by atoms with van der Waals surface area (Å²) in [6.45, 7) is 3.60. The van der Waals surface area contributed by atoms with Crippen molar-refractivity contribution in [1.82, 2.24) is 8.96 Å². The van der Waals surface area contributed by atoms with Crippen LogP contribution in [0.5, 0.6) is 0 Å². The van der Waals surface area contributed by atoms with Crippen LogP contribution in [0.3, 0.4) is 0 Å². The van der Waals surface area contributed by atoms with Crippen molar-refractivity contribution in [3.8, 4) is 0 Å². The third-order valence-corrected chi connectivity index (χ3v) is 7.25. The first-order valence-electron chi connectivity index (χ1n) is 8.01. The first kappa shape index (κ1) is 19.6. The van der Waals surface area contributed by atoms with E-state index in [0.717, 1.165) is 15.7 Å². The van der Waals surface area contributed by atoms with Gasteiger partial charge in [-0.1, -0.05) is 30.7 Å². The fraction of sp³-hybridized carbons (Fsp3) is 0.167. The van der Waals surface area contributed by atoms with Gasteiger partial charge < -0.3 is 0 Å². The van der Waals surface area contributed by atoms with Gasteiger partial charge in [0.15, 0.2) is 0 Å². The van der Waals surface area contributed by atoms with Crippen molar-refractivity contribution in [1.29, 1.82) is 0 Å². The highest BCUT2D eigenvalue weighted by Gasteiger charge is 2.27. The lowest BCUT2D eigenvalue weighted by Gasteiger charge is -2.15. The zero-order valence-corrected chi connectivity index (χ0v) is 17.0. The van der Waals surface area contributed by atoms with Gasteiger partial charge in [-0.15, -0.1) is 0 Å². The molecule has 0 radical (unpaired) electrons. The van der Waals surface area contributed by atoms with Crippen LogP contribution in [0.1, 0.15) is 29.8 Å². The van der Waals surface area contributed by atoms with Crippen molar-refractivity contribution in [3.05, 3.63) is 77.9 Å². The molecule has 142 valence electrons. The molecule has 27 heavy (non-hydrogen) atoms. The van der Waals surface area contributed by atoms with Crippen molar-refractivity contribution < 1.29 is 16.8 Å². The monoisotopic (exact) mass is 424 g/mol. The molecule has 1 atom stereocenters. The largest absolute Gasteiger partial charge is 0.267 e. The van der Waals surface area contributed by atoms with Gasteiger partial charge in [0.1, 0.15) is 4.90 Å². The summed E-state index contributed by atoms with van der Waals surface area (Å²) in [4.78, 5) is 4.02. The van der Waals surface area contributed by atoms with E-state index in [2.05, 4.69) is 4.98 Å². The maximum Gasteiger partial charge on any atom is 0.267 e. The lowest BCUT2D eigenvalue weighted by Crippen LogP contribution is -2.17. The summed E-state index contributed by atoms with van der Waals surface area (Å²) < 4.78 is 50.9. The van der Waals surface area contributed by atoms with E-state index in [9.17, 15) is 16.8 Å². The molecule has 0 amide bonds. The van der Waals surface area contributed by atoms with Crippen LogP contribution in [-0.2, 0) is 19.1 Å². The number of nitrogens with zero attached hydrogens (tertiary/aromatic N) is 2. The average Bonchev–Trinajstić information content (AvgIpc) is 3.09. The van der Waals surface area contributed by atoms with E-state index >= 15 is 0 Å². The predicted molar refractivity (Wildman–Crippen MR) is 103 cm³/mol. The van der Waals surface area contributed by atoms with Gasteiger partial charge in [-0.25, -0.2) is 20.8 Å². The number of benzene rings is 1. The molecule has 0 fully saturated rings. The van der Waals surface area contributed by atoms with Gasteiger partial charge in [0.25, 0.3) is 19.1 Å². The van der Waals surface area contributed by atoms with E-state index in [1.54, 1.807) is 43.5 Å². The van der Waals surface area contributed by atoms with Crippen LogP contribution in [0.25, 0.3) is 0 Å². The summed E-state index contributed by atoms with van der Waals surface area (Å²) in [5.41, 5.74) is 1.77. The highest BCUT2D eigenvalue weighted by molar-refractivity contribution is 8.13. The van der Waals surface area contributed by atoms with Crippen molar-refractivity contribution in [3.63, 3.8) is 0 Å². The fourth-order valence-corrected chi connectivity index (χ4v) is 4.96. The number of rotatable bonds is 5. The lowest BCUT2D eigenvalue weighted by atomic mass is 10.0. The molecule has 3 rings (SSSR count). The molecule has 0 N–H and O–H groups in total. The van der Waals surface area contributed by atoms with Gasteiger partial charge >= 0.3 is 0 Å².